The third-order valence-corrected chi connectivity index (χ3v) is 3.38. The number of hydrogen-bond donors (Lipinski definition) is 1. The highest BCUT2D eigenvalue weighted by Crippen LogP contribution is 2.19. The van der Waals surface area contributed by atoms with Crippen molar-refractivity contribution < 1.29 is 19.2 Å². The van der Waals surface area contributed by atoms with Crippen LogP contribution in [0.1, 0.15) is 36.0 Å². The Kier molecular flexibility index (Phi) is 4.86. The minimum Gasteiger partial charge on any atom is -0.452 e. The van der Waals surface area contributed by atoms with Crippen LogP contribution in [0.5, 0.6) is 0 Å². The summed E-state index contributed by atoms with van der Waals surface area (Å²) < 4.78 is 4.84. The molecule has 21 heavy (non-hydrogen) atoms. The first-order valence-corrected chi connectivity index (χ1v) is 6.78. The molecule has 1 aromatic carbocycles. The molecule has 0 spiro atoms. The van der Waals surface area contributed by atoms with Crippen molar-refractivity contribution in [1.82, 2.24) is 5.32 Å². The summed E-state index contributed by atoms with van der Waals surface area (Å²) in [7, 11) is 0. The van der Waals surface area contributed by atoms with Crippen molar-refractivity contribution in [3.05, 3.63) is 39.9 Å². The number of nitrogens with one attached hydrogen (secondary N) is 1. The molecular formula is C14H16N2O5. The lowest BCUT2D eigenvalue weighted by molar-refractivity contribution is -0.385. The number of benzene rings is 1. The Balaban J connectivity index is 1.89. The molecule has 7 nitrogen and oxygen atoms in total. The van der Waals surface area contributed by atoms with Crippen LogP contribution in [0.2, 0.25) is 0 Å². The Morgan fingerprint density at radius 1 is 1.29 bits per heavy atom. The van der Waals surface area contributed by atoms with Gasteiger partial charge < -0.3 is 10.1 Å². The van der Waals surface area contributed by atoms with Gasteiger partial charge in [-0.3, -0.25) is 14.9 Å². The molecule has 0 bridgehead atoms. The lowest BCUT2D eigenvalue weighted by Gasteiger charge is -2.11. The van der Waals surface area contributed by atoms with Crippen molar-refractivity contribution in [2.75, 3.05) is 6.61 Å². The van der Waals surface area contributed by atoms with Crippen LogP contribution in [0.25, 0.3) is 0 Å². The van der Waals surface area contributed by atoms with Gasteiger partial charge in [0.05, 0.1) is 4.92 Å². The summed E-state index contributed by atoms with van der Waals surface area (Å²) >= 11 is 0. The minimum atomic E-state index is -0.871. The van der Waals surface area contributed by atoms with E-state index in [1.165, 1.54) is 24.3 Å². The van der Waals surface area contributed by atoms with E-state index < -0.39 is 17.5 Å². The van der Waals surface area contributed by atoms with Gasteiger partial charge in [0, 0.05) is 12.1 Å². The highest BCUT2D eigenvalue weighted by atomic mass is 16.6. The molecule has 1 aliphatic carbocycles. The van der Waals surface area contributed by atoms with Gasteiger partial charge in [0.1, 0.15) is 5.56 Å². The molecule has 0 saturated heterocycles. The summed E-state index contributed by atoms with van der Waals surface area (Å²) in [6.45, 7) is -0.429. The molecular weight excluding hydrogens is 276 g/mol. The average Bonchev–Trinajstić information content (AvgIpc) is 2.97. The number of nitro benzene ring substituents is 1. The summed E-state index contributed by atoms with van der Waals surface area (Å²) in [6, 6.07) is 5.62. The predicted molar refractivity (Wildman–Crippen MR) is 73.8 cm³/mol. The van der Waals surface area contributed by atoms with E-state index in [9.17, 15) is 19.7 Å². The quantitative estimate of drug-likeness (QED) is 0.507. The van der Waals surface area contributed by atoms with Gasteiger partial charge in [-0.05, 0) is 18.9 Å². The van der Waals surface area contributed by atoms with Gasteiger partial charge in [0.25, 0.3) is 11.6 Å². The van der Waals surface area contributed by atoms with E-state index in [2.05, 4.69) is 5.32 Å². The highest BCUT2D eigenvalue weighted by molar-refractivity contribution is 5.95. The number of nitro groups is 1. The third kappa shape index (κ3) is 4.01. The number of rotatable bonds is 5. The van der Waals surface area contributed by atoms with Crippen molar-refractivity contribution in [3.63, 3.8) is 0 Å². The second-order valence-corrected chi connectivity index (χ2v) is 4.90. The summed E-state index contributed by atoms with van der Waals surface area (Å²) in [5, 5.41) is 13.6. The average molecular weight is 292 g/mol. The largest absolute Gasteiger partial charge is 0.452 e. The van der Waals surface area contributed by atoms with Crippen molar-refractivity contribution in [1.29, 1.82) is 0 Å². The topological polar surface area (TPSA) is 98.5 Å². The molecule has 1 aromatic rings. The maximum absolute atomic E-state index is 11.8. The summed E-state index contributed by atoms with van der Waals surface area (Å²) in [5.74, 6) is -1.25. The van der Waals surface area contributed by atoms with Crippen molar-refractivity contribution in [2.24, 2.45) is 0 Å². The number of ether oxygens (including phenoxy) is 1. The molecule has 112 valence electrons. The molecule has 0 unspecified atom stereocenters. The second-order valence-electron chi connectivity index (χ2n) is 4.90. The molecule has 1 N–H and O–H groups in total. The Hall–Kier alpha value is -2.44. The first kappa shape index (κ1) is 15.0. The van der Waals surface area contributed by atoms with Crippen LogP contribution in [0.3, 0.4) is 0 Å². The molecule has 2 rings (SSSR count). The van der Waals surface area contributed by atoms with Crippen LogP contribution >= 0.6 is 0 Å². The fourth-order valence-corrected chi connectivity index (χ4v) is 2.35. The summed E-state index contributed by atoms with van der Waals surface area (Å²) in [5.41, 5.74) is -0.491. The minimum absolute atomic E-state index is 0.141. The van der Waals surface area contributed by atoms with E-state index in [0.717, 1.165) is 25.7 Å². The second kappa shape index (κ2) is 6.83. The van der Waals surface area contributed by atoms with Gasteiger partial charge in [-0.1, -0.05) is 25.0 Å². The first-order valence-electron chi connectivity index (χ1n) is 6.78. The predicted octanol–water partition coefficient (Wildman–Crippen LogP) is 1.81. The van der Waals surface area contributed by atoms with Gasteiger partial charge in [-0.2, -0.15) is 0 Å². The number of para-hydroxylation sites is 1. The van der Waals surface area contributed by atoms with Crippen molar-refractivity contribution in [2.45, 2.75) is 31.7 Å². The van der Waals surface area contributed by atoms with Crippen LogP contribution in [-0.4, -0.2) is 29.4 Å². The third-order valence-electron chi connectivity index (χ3n) is 3.38. The Morgan fingerprint density at radius 3 is 2.62 bits per heavy atom. The number of nitrogens with zero attached hydrogens (tertiary/aromatic N) is 1. The number of amides is 1. The van der Waals surface area contributed by atoms with Crippen molar-refractivity contribution in [3.8, 4) is 0 Å². The van der Waals surface area contributed by atoms with E-state index in [-0.39, 0.29) is 23.2 Å². The smallest absolute Gasteiger partial charge is 0.345 e. The molecule has 0 aromatic heterocycles. The highest BCUT2D eigenvalue weighted by Gasteiger charge is 2.22. The molecule has 0 atom stereocenters. The fourth-order valence-electron chi connectivity index (χ4n) is 2.35. The zero-order valence-electron chi connectivity index (χ0n) is 11.4. The van der Waals surface area contributed by atoms with Crippen LogP contribution in [0.15, 0.2) is 24.3 Å². The van der Waals surface area contributed by atoms with E-state index in [1.807, 2.05) is 0 Å². The lowest BCUT2D eigenvalue weighted by atomic mass is 10.2. The molecule has 1 amide bonds. The zero-order valence-corrected chi connectivity index (χ0v) is 11.4. The van der Waals surface area contributed by atoms with Gasteiger partial charge in [0.15, 0.2) is 6.61 Å². The summed E-state index contributed by atoms with van der Waals surface area (Å²) in [4.78, 5) is 33.6. The molecule has 1 fully saturated rings. The van der Waals surface area contributed by atoms with Crippen LogP contribution < -0.4 is 5.32 Å². The van der Waals surface area contributed by atoms with E-state index >= 15 is 0 Å². The molecule has 1 saturated carbocycles. The number of hydrogen-bond acceptors (Lipinski definition) is 5. The maximum Gasteiger partial charge on any atom is 0.345 e. The standard InChI is InChI=1S/C14H16N2O5/c17-13(15-10-5-1-2-6-10)9-21-14(18)11-7-3-4-8-12(11)16(19)20/h3-4,7-8,10H,1-2,5-6,9H2,(H,15,17). The SMILES string of the molecule is O=C(COC(=O)c1ccccc1[N+](=O)[O-])NC1CCCC1. The Morgan fingerprint density at radius 2 is 1.95 bits per heavy atom. The van der Waals surface area contributed by atoms with Crippen LogP contribution in [-0.2, 0) is 9.53 Å². The number of carbonyl (C=O) groups is 2. The molecule has 0 heterocycles. The molecule has 1 aliphatic rings. The van der Waals surface area contributed by atoms with Gasteiger partial charge in [0.2, 0.25) is 0 Å². The van der Waals surface area contributed by atoms with E-state index in [1.54, 1.807) is 0 Å². The monoisotopic (exact) mass is 292 g/mol. The van der Waals surface area contributed by atoms with Gasteiger partial charge in [-0.15, -0.1) is 0 Å². The van der Waals surface area contributed by atoms with Crippen LogP contribution in [0, 0.1) is 10.1 Å². The molecule has 7 heteroatoms. The number of carbonyl (C=O) groups excluding carboxylic acids is 2. The first-order chi connectivity index (χ1) is 10.1. The van der Waals surface area contributed by atoms with E-state index in [4.69, 9.17) is 4.74 Å². The molecule has 0 radical (unpaired) electrons. The maximum atomic E-state index is 11.8. The fraction of sp³-hybridized carbons (Fsp3) is 0.429. The van der Waals surface area contributed by atoms with Crippen molar-refractivity contribution >= 4 is 17.6 Å². The normalized spacial score (nSPS) is 14.7. The van der Waals surface area contributed by atoms with Gasteiger partial charge in [-0.25, -0.2) is 4.79 Å². The Labute approximate surface area is 121 Å². The van der Waals surface area contributed by atoms with Gasteiger partial charge >= 0.3 is 5.97 Å². The summed E-state index contributed by atoms with van der Waals surface area (Å²) in [6.07, 6.45) is 4.04. The number of esters is 1. The van der Waals surface area contributed by atoms with E-state index in [0.29, 0.717) is 0 Å². The molecule has 0 aliphatic heterocycles. The lowest BCUT2D eigenvalue weighted by Crippen LogP contribution is -2.35. The Bertz CT molecular complexity index is 552. The zero-order chi connectivity index (χ0) is 15.2. The van der Waals surface area contributed by atoms with Crippen LogP contribution in [0.4, 0.5) is 5.69 Å².